The molecule has 1 N–H and O–H groups in total. The summed E-state index contributed by atoms with van der Waals surface area (Å²) in [4.78, 5) is 46.0. The summed E-state index contributed by atoms with van der Waals surface area (Å²) in [6, 6.07) is 4.76. The number of aliphatic hydroxyl groups excluding tert-OH is 1. The number of esters is 1. The maximum absolute atomic E-state index is 14.8. The van der Waals surface area contributed by atoms with Crippen molar-refractivity contribution in [1.82, 2.24) is 4.90 Å². The molecule has 0 saturated carbocycles. The molecule has 42 heavy (non-hydrogen) atoms. The Morgan fingerprint density at radius 3 is 2.67 bits per heavy atom. The number of anilines is 1. The van der Waals surface area contributed by atoms with E-state index in [-0.39, 0.29) is 41.0 Å². The van der Waals surface area contributed by atoms with Crippen molar-refractivity contribution < 1.29 is 24.2 Å². The molecule has 230 valence electrons. The van der Waals surface area contributed by atoms with E-state index in [0.29, 0.717) is 43.1 Å². The summed E-state index contributed by atoms with van der Waals surface area (Å²) >= 11 is 12.1. The van der Waals surface area contributed by atoms with Gasteiger partial charge in [0.1, 0.15) is 6.04 Å². The van der Waals surface area contributed by atoms with Crippen LogP contribution in [-0.2, 0) is 19.1 Å². The van der Waals surface area contributed by atoms with Crippen molar-refractivity contribution in [2.75, 3.05) is 31.2 Å². The fraction of sp³-hybridized carbons (Fsp3) is 0.594. The first-order chi connectivity index (χ1) is 20.2. The van der Waals surface area contributed by atoms with E-state index in [1.807, 2.05) is 25.1 Å². The molecule has 10 heteroatoms. The number of aliphatic hydroxyl groups is 1. The molecule has 3 heterocycles. The Hall–Kier alpha value is -1.81. The minimum absolute atomic E-state index is 0.0282. The van der Waals surface area contributed by atoms with Gasteiger partial charge in [0.2, 0.25) is 5.91 Å². The van der Waals surface area contributed by atoms with Crippen molar-refractivity contribution in [3.63, 3.8) is 0 Å². The third-order valence-electron chi connectivity index (χ3n) is 8.69. The second kappa shape index (κ2) is 14.8. The number of carbonyl (C=O) groups is 3. The molecule has 1 aromatic rings. The van der Waals surface area contributed by atoms with Crippen LogP contribution in [0, 0.1) is 18.8 Å². The number of allylic oxidation sites excluding steroid dienone is 1. The van der Waals surface area contributed by atoms with Gasteiger partial charge in [0, 0.05) is 29.8 Å². The molecule has 4 rings (SSSR count). The van der Waals surface area contributed by atoms with Gasteiger partial charge >= 0.3 is 5.97 Å². The van der Waals surface area contributed by atoms with E-state index in [9.17, 15) is 19.5 Å². The van der Waals surface area contributed by atoms with E-state index >= 15 is 0 Å². The maximum Gasteiger partial charge on any atom is 0.310 e. The second-order valence-electron chi connectivity index (χ2n) is 11.4. The molecular weight excluding hydrogens is 640 g/mol. The molecule has 1 spiro atoms. The summed E-state index contributed by atoms with van der Waals surface area (Å²) < 4.78 is 4.98. The van der Waals surface area contributed by atoms with Gasteiger partial charge in [-0.05, 0) is 57.1 Å². The van der Waals surface area contributed by atoms with Crippen LogP contribution >= 0.6 is 39.3 Å². The van der Waals surface area contributed by atoms with Crippen LogP contribution in [-0.4, -0.2) is 75.0 Å². The smallest absolute Gasteiger partial charge is 0.310 e. The molecule has 2 bridgehead atoms. The largest absolute Gasteiger partial charge is 0.465 e. The average Bonchev–Trinajstić information content (AvgIpc) is 3.55. The van der Waals surface area contributed by atoms with Gasteiger partial charge in [0.05, 0.1) is 33.9 Å². The third-order valence-corrected chi connectivity index (χ3v) is 12.2. The zero-order chi connectivity index (χ0) is 30.4. The van der Waals surface area contributed by atoms with Crippen LogP contribution in [0.3, 0.4) is 0 Å². The number of hydrogen-bond donors (Lipinski definition) is 1. The molecule has 3 fully saturated rings. The molecule has 1 aromatic carbocycles. The molecule has 6 atom stereocenters. The van der Waals surface area contributed by atoms with Gasteiger partial charge in [0.25, 0.3) is 5.91 Å². The molecule has 0 aromatic heterocycles. The SMILES string of the molecule is C=CCCCCOC(=O)[C@H]1[C@H]2C(=O)N(CCCCCCO)C(C(=O)N(CC=C)c3c(C)cccc3Cl)C23CC(Br)[C@@H]1S3. The lowest BCUT2D eigenvalue weighted by atomic mass is 9.71. The quantitative estimate of drug-likeness (QED) is 0.0985. The number of benzene rings is 1. The molecular formula is C32H42BrClN2O5S. The van der Waals surface area contributed by atoms with E-state index in [2.05, 4.69) is 29.1 Å². The fourth-order valence-electron chi connectivity index (χ4n) is 6.86. The van der Waals surface area contributed by atoms with E-state index in [0.717, 1.165) is 37.7 Å². The normalized spacial score (nSPS) is 27.7. The number of ether oxygens (including phenoxy) is 1. The van der Waals surface area contributed by atoms with Crippen molar-refractivity contribution in [3.8, 4) is 0 Å². The number of rotatable bonds is 16. The summed E-state index contributed by atoms with van der Waals surface area (Å²) in [5.74, 6) is -1.95. The van der Waals surface area contributed by atoms with Crippen LogP contribution in [0.1, 0.15) is 56.9 Å². The number of alkyl halides is 1. The predicted octanol–water partition coefficient (Wildman–Crippen LogP) is 6.08. The van der Waals surface area contributed by atoms with Crippen molar-refractivity contribution >= 4 is 62.8 Å². The number of hydrogen-bond acceptors (Lipinski definition) is 6. The minimum Gasteiger partial charge on any atom is -0.465 e. The van der Waals surface area contributed by atoms with Crippen molar-refractivity contribution in [2.24, 2.45) is 11.8 Å². The second-order valence-corrected chi connectivity index (χ2v) is 14.6. The van der Waals surface area contributed by atoms with Gasteiger partial charge in [-0.3, -0.25) is 14.4 Å². The molecule has 0 radical (unpaired) electrons. The number of likely N-dealkylation sites (tertiary alicyclic amines) is 1. The monoisotopic (exact) mass is 680 g/mol. The summed E-state index contributed by atoms with van der Waals surface area (Å²) in [7, 11) is 0. The average molecular weight is 682 g/mol. The molecule has 3 aliphatic rings. The fourth-order valence-corrected chi connectivity index (χ4v) is 10.8. The lowest BCUT2D eigenvalue weighted by Gasteiger charge is -2.38. The summed E-state index contributed by atoms with van der Waals surface area (Å²) in [5, 5.41) is 9.50. The first-order valence-electron chi connectivity index (χ1n) is 14.9. The number of amides is 2. The Morgan fingerprint density at radius 1 is 1.21 bits per heavy atom. The molecule has 7 nitrogen and oxygen atoms in total. The molecule has 0 aliphatic carbocycles. The Labute approximate surface area is 267 Å². The number of aryl methyl sites for hydroxylation is 1. The zero-order valence-electron chi connectivity index (χ0n) is 24.3. The number of nitrogens with zero attached hydrogens (tertiary/aromatic N) is 2. The van der Waals surface area contributed by atoms with Crippen LogP contribution < -0.4 is 4.90 Å². The van der Waals surface area contributed by atoms with E-state index in [1.54, 1.807) is 33.7 Å². The molecule has 2 amide bonds. The van der Waals surface area contributed by atoms with Gasteiger partial charge in [-0.2, -0.15) is 0 Å². The first kappa shape index (κ1) is 33.1. The van der Waals surface area contributed by atoms with Crippen molar-refractivity contribution in [1.29, 1.82) is 0 Å². The van der Waals surface area contributed by atoms with Crippen LogP contribution in [0.25, 0.3) is 0 Å². The Morgan fingerprint density at radius 2 is 1.98 bits per heavy atom. The number of unbranched alkanes of at least 4 members (excludes halogenated alkanes) is 5. The number of halogens is 2. The summed E-state index contributed by atoms with van der Waals surface area (Å²) in [6.45, 7) is 10.6. The van der Waals surface area contributed by atoms with Crippen LogP contribution in [0.2, 0.25) is 5.02 Å². The van der Waals surface area contributed by atoms with Crippen LogP contribution in [0.5, 0.6) is 0 Å². The standard InChI is InChI=1S/C32H42BrClN2O5S/c1-4-6-7-12-19-41-31(40)24-25-29(38)36(17-10-8-9-11-18-37)28(32(25)20-22(33)27(24)42-32)30(39)35(16-5-2)26-21(3)14-13-15-23(26)34/h4-5,13-15,22,24-25,27-28,37H,1-2,6-12,16-20H2,3H3/t22?,24-,25-,27-,28?,32?/m0/s1. The Kier molecular flexibility index (Phi) is 11.6. The Bertz CT molecular complexity index is 1160. The van der Waals surface area contributed by atoms with Crippen LogP contribution in [0.4, 0.5) is 5.69 Å². The molecule has 3 unspecified atom stereocenters. The topological polar surface area (TPSA) is 87.1 Å². The maximum atomic E-state index is 14.8. The van der Waals surface area contributed by atoms with E-state index < -0.39 is 22.6 Å². The van der Waals surface area contributed by atoms with Crippen molar-refractivity contribution in [3.05, 3.63) is 54.1 Å². The zero-order valence-corrected chi connectivity index (χ0v) is 27.5. The molecule has 3 saturated heterocycles. The highest BCUT2D eigenvalue weighted by atomic mass is 79.9. The number of para-hydroxylation sites is 1. The third kappa shape index (κ3) is 6.35. The number of carbonyl (C=O) groups excluding carboxylic acids is 3. The van der Waals surface area contributed by atoms with Gasteiger partial charge in [-0.1, -0.05) is 64.7 Å². The predicted molar refractivity (Wildman–Crippen MR) is 173 cm³/mol. The first-order valence-corrected chi connectivity index (χ1v) is 17.1. The van der Waals surface area contributed by atoms with E-state index in [4.69, 9.17) is 16.3 Å². The van der Waals surface area contributed by atoms with Crippen molar-refractivity contribution in [2.45, 2.75) is 79.2 Å². The summed E-state index contributed by atoms with van der Waals surface area (Å²) in [6.07, 6.45) is 9.67. The molecule has 3 aliphatic heterocycles. The highest BCUT2D eigenvalue weighted by molar-refractivity contribution is 9.09. The number of thioether (sulfide) groups is 1. The van der Waals surface area contributed by atoms with Gasteiger partial charge in [-0.15, -0.1) is 24.9 Å². The number of fused-ring (bicyclic) bond motifs is 1. The lowest BCUT2D eigenvalue weighted by molar-refractivity contribution is -0.154. The lowest BCUT2D eigenvalue weighted by Crippen LogP contribution is -2.55. The van der Waals surface area contributed by atoms with Gasteiger partial charge in [-0.25, -0.2) is 0 Å². The minimum atomic E-state index is -0.765. The van der Waals surface area contributed by atoms with Gasteiger partial charge < -0.3 is 19.6 Å². The van der Waals surface area contributed by atoms with E-state index in [1.165, 1.54) is 0 Å². The van der Waals surface area contributed by atoms with Crippen LogP contribution in [0.15, 0.2) is 43.5 Å². The van der Waals surface area contributed by atoms with Gasteiger partial charge in [0.15, 0.2) is 0 Å². The summed E-state index contributed by atoms with van der Waals surface area (Å²) in [5.41, 5.74) is 1.47. The highest BCUT2D eigenvalue weighted by Gasteiger charge is 2.76. The highest BCUT2D eigenvalue weighted by Crippen LogP contribution is 2.68. The Balaban J connectivity index is 1.69.